The van der Waals surface area contributed by atoms with Gasteiger partial charge in [0, 0.05) is 24.2 Å². The van der Waals surface area contributed by atoms with Crippen LogP contribution in [0.4, 0.5) is 0 Å². The quantitative estimate of drug-likeness (QED) is 0.473. The van der Waals surface area contributed by atoms with Gasteiger partial charge in [-0.2, -0.15) is 0 Å². The van der Waals surface area contributed by atoms with Crippen molar-refractivity contribution in [3.63, 3.8) is 0 Å². The second-order valence-electron chi connectivity index (χ2n) is 9.55. The van der Waals surface area contributed by atoms with Crippen LogP contribution in [0.3, 0.4) is 0 Å². The molecule has 0 spiro atoms. The van der Waals surface area contributed by atoms with Gasteiger partial charge in [0.1, 0.15) is 5.76 Å². The van der Waals surface area contributed by atoms with Crippen LogP contribution >= 0.6 is 0 Å². The zero-order chi connectivity index (χ0) is 24.3. The van der Waals surface area contributed by atoms with Crippen LogP contribution in [0.5, 0.6) is 0 Å². The molecule has 0 unspecified atom stereocenters. The summed E-state index contributed by atoms with van der Waals surface area (Å²) in [5.41, 5.74) is 7.39. The van der Waals surface area contributed by atoms with E-state index in [9.17, 15) is 14.7 Å². The van der Waals surface area contributed by atoms with Gasteiger partial charge in [0.05, 0.1) is 23.5 Å². The summed E-state index contributed by atoms with van der Waals surface area (Å²) < 4.78 is 11.2. The lowest BCUT2D eigenvalue weighted by Crippen LogP contribution is -2.48. The number of carbonyl (C=O) groups is 2. The Kier molecular flexibility index (Phi) is 5.32. The zero-order valence-electron chi connectivity index (χ0n) is 20.1. The Morgan fingerprint density at radius 3 is 2.32 bits per heavy atom. The number of rotatable bonds is 3. The summed E-state index contributed by atoms with van der Waals surface area (Å²) in [5.74, 6) is -0.406. The normalized spacial score (nSPS) is 19.1. The van der Waals surface area contributed by atoms with Gasteiger partial charge in [0.25, 0.3) is 5.91 Å². The summed E-state index contributed by atoms with van der Waals surface area (Å²) in [6.07, 6.45) is 0.400. The molecule has 0 radical (unpaired) electrons. The molecule has 34 heavy (non-hydrogen) atoms. The Morgan fingerprint density at radius 1 is 1.00 bits per heavy atom. The lowest BCUT2D eigenvalue weighted by atomic mass is 9.91. The van der Waals surface area contributed by atoms with E-state index in [1.165, 1.54) is 0 Å². The lowest BCUT2D eigenvalue weighted by molar-refractivity contribution is -0.0586. The molecule has 176 valence electrons. The second-order valence-corrected chi connectivity index (χ2v) is 9.55. The number of amides is 1. The Bertz CT molecular complexity index is 1310. The SMILES string of the molecule is Cc1cc2c(c(C(=O)N3C[C@@H](C)O[C@@H](C)C3)c1)-c1cc(-c3c(C)noc3C)cc(C(=O)O)c1C2. The van der Waals surface area contributed by atoms with Gasteiger partial charge in [-0.15, -0.1) is 0 Å². The van der Waals surface area contributed by atoms with Crippen molar-refractivity contribution in [3.8, 4) is 22.3 Å². The molecule has 7 heteroatoms. The first-order chi connectivity index (χ1) is 16.1. The number of ether oxygens (including phenoxy) is 1. The third-order valence-electron chi connectivity index (χ3n) is 6.74. The van der Waals surface area contributed by atoms with Crippen molar-refractivity contribution in [1.29, 1.82) is 0 Å². The van der Waals surface area contributed by atoms with E-state index in [-0.39, 0.29) is 23.7 Å². The molecule has 5 rings (SSSR count). The first kappa shape index (κ1) is 22.3. The number of carbonyl (C=O) groups excluding carboxylic acids is 1. The number of fused-ring (bicyclic) bond motifs is 3. The molecular weight excluding hydrogens is 432 g/mol. The fraction of sp³-hybridized carbons (Fsp3) is 0.370. The topological polar surface area (TPSA) is 92.9 Å². The molecule has 1 fully saturated rings. The minimum absolute atomic E-state index is 0.0393. The highest BCUT2D eigenvalue weighted by atomic mass is 16.5. The minimum atomic E-state index is -0.988. The summed E-state index contributed by atoms with van der Waals surface area (Å²) >= 11 is 0. The average Bonchev–Trinajstić information content (AvgIpc) is 3.29. The van der Waals surface area contributed by atoms with Gasteiger partial charge in [0.2, 0.25) is 0 Å². The molecule has 1 saturated heterocycles. The highest BCUT2D eigenvalue weighted by Crippen LogP contribution is 2.44. The number of aromatic nitrogens is 1. The Balaban J connectivity index is 1.71. The molecule has 1 amide bonds. The Morgan fingerprint density at radius 2 is 1.71 bits per heavy atom. The standard InChI is InChI=1S/C27H28N2O5/c1-13-6-18-8-20-21(9-19(10-22(20)27(31)32)24-16(4)28-34-17(24)5)25(18)23(7-13)26(30)29-11-14(2)33-15(3)12-29/h6-7,9-10,14-15H,8,11-12H2,1-5H3,(H,31,32)/t14-,15+. The van der Waals surface area contributed by atoms with E-state index in [2.05, 4.69) is 11.2 Å². The van der Waals surface area contributed by atoms with E-state index in [1.807, 2.05) is 51.7 Å². The largest absolute Gasteiger partial charge is 0.478 e. The van der Waals surface area contributed by atoms with E-state index in [0.29, 0.717) is 36.5 Å². The van der Waals surface area contributed by atoms with Crippen molar-refractivity contribution < 1.29 is 24.0 Å². The molecule has 1 aromatic heterocycles. The van der Waals surface area contributed by atoms with E-state index in [1.54, 1.807) is 6.07 Å². The van der Waals surface area contributed by atoms with Crippen LogP contribution in [0.25, 0.3) is 22.3 Å². The van der Waals surface area contributed by atoms with Crippen molar-refractivity contribution in [3.05, 3.63) is 63.5 Å². The summed E-state index contributed by atoms with van der Waals surface area (Å²) in [6.45, 7) is 10.6. The number of morpholine rings is 1. The Labute approximate surface area is 198 Å². The number of carboxylic acid groups (broad SMARTS) is 1. The van der Waals surface area contributed by atoms with Gasteiger partial charge >= 0.3 is 5.97 Å². The highest BCUT2D eigenvalue weighted by Gasteiger charge is 2.33. The summed E-state index contributed by atoms with van der Waals surface area (Å²) in [4.78, 5) is 27.9. The summed E-state index contributed by atoms with van der Waals surface area (Å²) in [7, 11) is 0. The smallest absolute Gasteiger partial charge is 0.336 e. The van der Waals surface area contributed by atoms with Gasteiger partial charge in [-0.3, -0.25) is 4.79 Å². The van der Waals surface area contributed by atoms with E-state index < -0.39 is 5.97 Å². The van der Waals surface area contributed by atoms with E-state index >= 15 is 0 Å². The van der Waals surface area contributed by atoms with E-state index in [4.69, 9.17) is 9.26 Å². The van der Waals surface area contributed by atoms with Crippen LogP contribution in [0.1, 0.15) is 62.7 Å². The van der Waals surface area contributed by atoms with Crippen LogP contribution in [0.2, 0.25) is 0 Å². The molecule has 2 heterocycles. The molecule has 7 nitrogen and oxygen atoms in total. The van der Waals surface area contributed by atoms with E-state index in [0.717, 1.165) is 38.9 Å². The third-order valence-corrected chi connectivity index (χ3v) is 6.74. The van der Waals surface area contributed by atoms with Gasteiger partial charge in [-0.05, 0) is 87.1 Å². The summed E-state index contributed by atoms with van der Waals surface area (Å²) in [5, 5.41) is 14.1. The molecule has 1 N–H and O–H groups in total. The molecule has 2 aliphatic rings. The van der Waals surface area contributed by atoms with Gasteiger partial charge in [-0.25, -0.2) is 4.79 Å². The monoisotopic (exact) mass is 460 g/mol. The predicted molar refractivity (Wildman–Crippen MR) is 127 cm³/mol. The van der Waals surface area contributed by atoms with Gasteiger partial charge < -0.3 is 19.3 Å². The number of carboxylic acids is 1. The van der Waals surface area contributed by atoms with Crippen LogP contribution in [-0.2, 0) is 11.2 Å². The highest BCUT2D eigenvalue weighted by molar-refractivity contribution is 6.06. The maximum atomic E-state index is 13.8. The number of aromatic carboxylic acids is 1. The van der Waals surface area contributed by atoms with Crippen molar-refractivity contribution in [2.45, 2.75) is 53.2 Å². The minimum Gasteiger partial charge on any atom is -0.478 e. The van der Waals surface area contributed by atoms with Crippen LogP contribution in [0, 0.1) is 20.8 Å². The van der Waals surface area contributed by atoms with Crippen molar-refractivity contribution in [2.75, 3.05) is 13.1 Å². The molecular formula is C27H28N2O5. The Hall–Kier alpha value is -3.45. The van der Waals surface area contributed by atoms with Crippen molar-refractivity contribution >= 4 is 11.9 Å². The lowest BCUT2D eigenvalue weighted by Gasteiger charge is -2.35. The summed E-state index contributed by atoms with van der Waals surface area (Å²) in [6, 6.07) is 7.65. The van der Waals surface area contributed by atoms with Crippen LogP contribution < -0.4 is 0 Å². The van der Waals surface area contributed by atoms with Crippen LogP contribution in [0.15, 0.2) is 28.8 Å². The maximum absolute atomic E-state index is 13.8. The maximum Gasteiger partial charge on any atom is 0.336 e. The molecule has 0 saturated carbocycles. The fourth-order valence-corrected chi connectivity index (χ4v) is 5.51. The molecule has 2 atom stereocenters. The molecule has 0 bridgehead atoms. The molecule has 2 aromatic carbocycles. The van der Waals surface area contributed by atoms with Gasteiger partial charge in [-0.1, -0.05) is 16.8 Å². The third kappa shape index (κ3) is 3.60. The number of benzene rings is 2. The van der Waals surface area contributed by atoms with Crippen molar-refractivity contribution in [2.24, 2.45) is 0 Å². The fourth-order valence-electron chi connectivity index (χ4n) is 5.51. The number of hydrogen-bond donors (Lipinski definition) is 1. The first-order valence-electron chi connectivity index (χ1n) is 11.6. The van der Waals surface area contributed by atoms with Gasteiger partial charge in [0.15, 0.2) is 0 Å². The average molecular weight is 461 g/mol. The molecule has 1 aliphatic heterocycles. The zero-order valence-corrected chi connectivity index (χ0v) is 20.1. The van der Waals surface area contributed by atoms with Crippen LogP contribution in [-0.4, -0.2) is 52.3 Å². The predicted octanol–water partition coefficient (Wildman–Crippen LogP) is 4.79. The number of hydrogen-bond acceptors (Lipinski definition) is 5. The second kappa shape index (κ2) is 8.09. The number of aryl methyl sites for hydroxylation is 3. The molecule has 1 aliphatic carbocycles. The first-order valence-corrected chi connectivity index (χ1v) is 11.6. The molecule has 3 aromatic rings. The number of nitrogens with zero attached hydrogens (tertiary/aromatic N) is 2. The van der Waals surface area contributed by atoms with Crippen molar-refractivity contribution in [1.82, 2.24) is 10.1 Å².